The summed E-state index contributed by atoms with van der Waals surface area (Å²) in [5.74, 6) is -8.24. The quantitative estimate of drug-likeness (QED) is 0.431. The zero-order valence-corrected chi connectivity index (χ0v) is 18.3. The van der Waals surface area contributed by atoms with Crippen LogP contribution >= 0.6 is 11.6 Å². The Bertz CT molecular complexity index is 1280. The molecule has 0 radical (unpaired) electrons. The molecular weight excluding hydrogens is 478 g/mol. The Morgan fingerprint density at radius 2 is 1.74 bits per heavy atom. The van der Waals surface area contributed by atoms with Gasteiger partial charge in [0, 0.05) is 43.4 Å². The molecule has 4 rings (SSSR count). The van der Waals surface area contributed by atoms with Crippen molar-refractivity contribution < 1.29 is 27.2 Å². The van der Waals surface area contributed by atoms with Gasteiger partial charge in [0.1, 0.15) is 23.3 Å². The highest BCUT2D eigenvalue weighted by Gasteiger charge is 2.33. The smallest absolute Gasteiger partial charge is 0.268 e. The number of nitrogens with zero attached hydrogens (tertiary/aromatic N) is 4. The fraction of sp³-hybridized carbons (Fsp3) is 0.182. The number of carbonyl (C=O) groups excluding carboxylic acids is 2. The van der Waals surface area contributed by atoms with Gasteiger partial charge in [-0.05, 0) is 17.7 Å². The summed E-state index contributed by atoms with van der Waals surface area (Å²) >= 11 is 5.96. The molecule has 0 saturated carbocycles. The Hall–Kier alpha value is -3.73. The molecule has 2 heterocycles. The first-order valence-corrected chi connectivity index (χ1v) is 10.3. The molecule has 0 fully saturated rings. The summed E-state index contributed by atoms with van der Waals surface area (Å²) in [6, 6.07) is 5.87. The maximum atomic E-state index is 14.3. The number of anilines is 1. The Morgan fingerprint density at radius 1 is 1.09 bits per heavy atom. The number of amides is 2. The van der Waals surface area contributed by atoms with E-state index in [9.17, 15) is 27.2 Å². The van der Waals surface area contributed by atoms with Gasteiger partial charge in [-0.25, -0.2) is 22.5 Å². The molecule has 1 aromatic heterocycles. The van der Waals surface area contributed by atoms with Gasteiger partial charge < -0.3 is 9.88 Å². The van der Waals surface area contributed by atoms with Crippen LogP contribution in [0, 0.1) is 23.3 Å². The van der Waals surface area contributed by atoms with Crippen molar-refractivity contribution in [3.05, 3.63) is 82.4 Å². The minimum atomic E-state index is -1.80. The molecule has 7 nitrogen and oxygen atoms in total. The third kappa shape index (κ3) is 4.38. The van der Waals surface area contributed by atoms with E-state index in [1.165, 1.54) is 6.20 Å². The predicted octanol–water partition coefficient (Wildman–Crippen LogP) is 4.02. The maximum absolute atomic E-state index is 14.3. The molecule has 1 atom stereocenters. The molecule has 1 aliphatic heterocycles. The molecule has 0 aliphatic carbocycles. The van der Waals surface area contributed by atoms with Crippen LogP contribution in [-0.4, -0.2) is 27.1 Å². The van der Waals surface area contributed by atoms with Gasteiger partial charge in [-0.3, -0.25) is 9.59 Å². The van der Waals surface area contributed by atoms with Gasteiger partial charge >= 0.3 is 0 Å². The Balaban J connectivity index is 1.70. The van der Waals surface area contributed by atoms with Crippen molar-refractivity contribution in [3.63, 3.8) is 0 Å². The number of imidazole rings is 1. The number of rotatable bonds is 5. The number of carbonyl (C=O) groups is 2. The molecule has 0 spiro atoms. The van der Waals surface area contributed by atoms with Gasteiger partial charge in [0.25, 0.3) is 5.91 Å². The van der Waals surface area contributed by atoms with Crippen LogP contribution in [0.15, 0.2) is 47.8 Å². The zero-order valence-electron chi connectivity index (χ0n) is 17.5. The number of hydrogen-bond donors (Lipinski definition) is 1. The molecular formula is C22H16ClF4N5O2. The SMILES string of the molecule is Cn1ccnc1[C@@H](NC(=O)C1=NN(c2c(F)c(F)cc(F)c2F)C(=O)CC1)c1ccc(Cl)cc1. The standard InChI is InChI=1S/C22H16ClF4N5O2/c1-31-9-8-28-21(31)19(11-2-4-12(23)5-3-11)29-22(34)15-6-7-16(33)32(30-15)20-17(26)13(24)10-14(25)18(20)27/h2-5,8-10,19H,6-7H2,1H3,(H,29,34)/t19-/m0/s1. The van der Waals surface area contributed by atoms with Crippen LogP contribution in [0.1, 0.15) is 30.3 Å². The maximum Gasteiger partial charge on any atom is 0.268 e. The second kappa shape index (κ2) is 9.26. The summed E-state index contributed by atoms with van der Waals surface area (Å²) in [4.78, 5) is 29.6. The van der Waals surface area contributed by atoms with E-state index in [2.05, 4.69) is 15.4 Å². The first-order valence-electron chi connectivity index (χ1n) is 9.94. The number of hydrazone groups is 1. The molecule has 1 aliphatic rings. The fourth-order valence-electron chi connectivity index (χ4n) is 3.46. The fourth-order valence-corrected chi connectivity index (χ4v) is 3.59. The van der Waals surface area contributed by atoms with Gasteiger partial charge in [-0.1, -0.05) is 23.7 Å². The van der Waals surface area contributed by atoms with Crippen LogP contribution in [0.4, 0.5) is 23.2 Å². The van der Waals surface area contributed by atoms with Gasteiger partial charge in [0.15, 0.2) is 23.3 Å². The average Bonchev–Trinajstić information content (AvgIpc) is 3.23. The molecule has 12 heteroatoms. The van der Waals surface area contributed by atoms with Crippen LogP contribution in [0.25, 0.3) is 0 Å². The summed E-state index contributed by atoms with van der Waals surface area (Å²) in [5.41, 5.74) is -0.970. The Labute approximate surface area is 195 Å². The van der Waals surface area contributed by atoms with Crippen LogP contribution in [-0.2, 0) is 16.6 Å². The van der Waals surface area contributed by atoms with E-state index in [0.29, 0.717) is 16.4 Å². The molecule has 2 aromatic carbocycles. The molecule has 176 valence electrons. The lowest BCUT2D eigenvalue weighted by molar-refractivity contribution is -0.119. The van der Waals surface area contributed by atoms with Crippen LogP contribution in [0.5, 0.6) is 0 Å². The lowest BCUT2D eigenvalue weighted by atomic mass is 10.0. The summed E-state index contributed by atoms with van der Waals surface area (Å²) in [6.07, 6.45) is 2.69. The van der Waals surface area contributed by atoms with Crippen molar-refractivity contribution in [1.82, 2.24) is 14.9 Å². The normalized spacial score (nSPS) is 14.7. The van der Waals surface area contributed by atoms with Crippen molar-refractivity contribution >= 4 is 34.8 Å². The molecule has 34 heavy (non-hydrogen) atoms. The minimum absolute atomic E-state index is 0.0174. The van der Waals surface area contributed by atoms with E-state index in [-0.39, 0.29) is 29.6 Å². The van der Waals surface area contributed by atoms with E-state index in [0.717, 1.165) is 0 Å². The third-order valence-corrected chi connectivity index (χ3v) is 5.44. The van der Waals surface area contributed by atoms with Gasteiger partial charge in [-0.2, -0.15) is 10.1 Å². The van der Waals surface area contributed by atoms with Crippen molar-refractivity contribution in [3.8, 4) is 0 Å². The first kappa shape index (κ1) is 23.4. The van der Waals surface area contributed by atoms with Crippen LogP contribution in [0.2, 0.25) is 5.02 Å². The van der Waals surface area contributed by atoms with E-state index < -0.39 is 46.8 Å². The highest BCUT2D eigenvalue weighted by atomic mass is 35.5. The number of aromatic nitrogens is 2. The lowest BCUT2D eigenvalue weighted by Crippen LogP contribution is -2.41. The number of aryl methyl sites for hydroxylation is 1. The van der Waals surface area contributed by atoms with E-state index in [1.54, 1.807) is 42.1 Å². The summed E-state index contributed by atoms with van der Waals surface area (Å²) in [7, 11) is 1.72. The molecule has 0 bridgehead atoms. The van der Waals surface area contributed by atoms with Crippen LogP contribution in [0.3, 0.4) is 0 Å². The lowest BCUT2D eigenvalue weighted by Gasteiger charge is -2.25. The Morgan fingerprint density at radius 3 is 2.32 bits per heavy atom. The van der Waals surface area contributed by atoms with Crippen molar-refractivity contribution in [2.75, 3.05) is 5.01 Å². The summed E-state index contributed by atoms with van der Waals surface area (Å²) in [5, 5.41) is 7.11. The predicted molar refractivity (Wildman–Crippen MR) is 115 cm³/mol. The molecule has 0 saturated heterocycles. The van der Waals surface area contributed by atoms with Gasteiger partial charge in [0.2, 0.25) is 5.91 Å². The molecule has 0 unspecified atom stereocenters. The monoisotopic (exact) mass is 493 g/mol. The zero-order chi connectivity index (χ0) is 24.6. The van der Waals surface area contributed by atoms with Crippen molar-refractivity contribution in [1.29, 1.82) is 0 Å². The van der Waals surface area contributed by atoms with Gasteiger partial charge in [-0.15, -0.1) is 0 Å². The third-order valence-electron chi connectivity index (χ3n) is 5.19. The second-order valence-corrected chi connectivity index (χ2v) is 7.86. The number of halogens is 5. The molecule has 1 N–H and O–H groups in total. The summed E-state index contributed by atoms with van der Waals surface area (Å²) in [6.45, 7) is 0. The molecule has 2 amide bonds. The number of hydrogen-bond acceptors (Lipinski definition) is 4. The average molecular weight is 494 g/mol. The topological polar surface area (TPSA) is 79.6 Å². The molecule has 3 aromatic rings. The Kier molecular flexibility index (Phi) is 6.38. The van der Waals surface area contributed by atoms with Crippen molar-refractivity contribution in [2.24, 2.45) is 12.1 Å². The number of benzene rings is 2. The van der Waals surface area contributed by atoms with Crippen LogP contribution < -0.4 is 10.3 Å². The number of nitrogens with one attached hydrogen (secondary N) is 1. The van der Waals surface area contributed by atoms with E-state index >= 15 is 0 Å². The van der Waals surface area contributed by atoms with E-state index in [1.807, 2.05) is 0 Å². The van der Waals surface area contributed by atoms with Crippen molar-refractivity contribution in [2.45, 2.75) is 18.9 Å². The first-order chi connectivity index (χ1) is 16.2. The minimum Gasteiger partial charge on any atom is -0.337 e. The summed E-state index contributed by atoms with van der Waals surface area (Å²) < 4.78 is 57.5. The largest absolute Gasteiger partial charge is 0.337 e. The highest BCUT2D eigenvalue weighted by molar-refractivity contribution is 6.40. The van der Waals surface area contributed by atoms with E-state index in [4.69, 9.17) is 11.6 Å². The van der Waals surface area contributed by atoms with Gasteiger partial charge in [0.05, 0.1) is 0 Å². The highest BCUT2D eigenvalue weighted by Crippen LogP contribution is 2.31. The second-order valence-electron chi connectivity index (χ2n) is 7.42.